The summed E-state index contributed by atoms with van der Waals surface area (Å²) >= 11 is 0. The van der Waals surface area contributed by atoms with Gasteiger partial charge in [-0.1, -0.05) is 20.3 Å². The van der Waals surface area contributed by atoms with Crippen molar-refractivity contribution >= 4 is 5.91 Å². The van der Waals surface area contributed by atoms with Gasteiger partial charge in [0.25, 0.3) is 0 Å². The van der Waals surface area contributed by atoms with E-state index in [-0.39, 0.29) is 11.8 Å². The van der Waals surface area contributed by atoms with Gasteiger partial charge in [0.2, 0.25) is 5.91 Å². The van der Waals surface area contributed by atoms with Crippen LogP contribution in [0.1, 0.15) is 46.0 Å². The van der Waals surface area contributed by atoms with Crippen molar-refractivity contribution in [2.24, 2.45) is 17.3 Å². The summed E-state index contributed by atoms with van der Waals surface area (Å²) in [5, 5.41) is 6.44. The highest BCUT2D eigenvalue weighted by Crippen LogP contribution is 2.45. The van der Waals surface area contributed by atoms with Gasteiger partial charge < -0.3 is 10.6 Å². The lowest BCUT2D eigenvalue weighted by Gasteiger charge is -2.43. The van der Waals surface area contributed by atoms with E-state index in [4.69, 9.17) is 0 Å². The summed E-state index contributed by atoms with van der Waals surface area (Å²) < 4.78 is 0. The molecule has 1 heterocycles. The molecule has 1 aliphatic carbocycles. The molecule has 0 aromatic rings. The number of carbonyl (C=O) groups excluding carboxylic acids is 1. The first-order chi connectivity index (χ1) is 8.11. The Bertz CT molecular complexity index is 265. The molecule has 0 bridgehead atoms. The SMILES string of the molecule is CC(C)CC1(CNC(=O)C2CCNC2)CCC1. The molecule has 3 heteroatoms. The summed E-state index contributed by atoms with van der Waals surface area (Å²) in [6, 6.07) is 0. The van der Waals surface area contributed by atoms with Crippen molar-refractivity contribution in [2.75, 3.05) is 19.6 Å². The fourth-order valence-corrected chi connectivity index (χ4v) is 3.29. The van der Waals surface area contributed by atoms with Crippen LogP contribution in [0.15, 0.2) is 0 Å². The van der Waals surface area contributed by atoms with Gasteiger partial charge >= 0.3 is 0 Å². The number of amides is 1. The molecular formula is C14H26N2O. The van der Waals surface area contributed by atoms with E-state index >= 15 is 0 Å². The van der Waals surface area contributed by atoms with Gasteiger partial charge in [0.15, 0.2) is 0 Å². The Hall–Kier alpha value is -0.570. The number of hydrogen-bond donors (Lipinski definition) is 2. The van der Waals surface area contributed by atoms with Crippen LogP contribution in [0.2, 0.25) is 0 Å². The van der Waals surface area contributed by atoms with Crippen LogP contribution in [0.4, 0.5) is 0 Å². The van der Waals surface area contributed by atoms with Crippen LogP contribution >= 0.6 is 0 Å². The first kappa shape index (κ1) is 12.9. The molecule has 1 saturated carbocycles. The molecule has 0 radical (unpaired) electrons. The van der Waals surface area contributed by atoms with Crippen LogP contribution in [0, 0.1) is 17.3 Å². The molecule has 1 atom stereocenters. The third kappa shape index (κ3) is 3.21. The average molecular weight is 238 g/mol. The molecule has 1 aliphatic heterocycles. The monoisotopic (exact) mass is 238 g/mol. The largest absolute Gasteiger partial charge is 0.355 e. The van der Waals surface area contributed by atoms with Crippen molar-refractivity contribution in [3.05, 3.63) is 0 Å². The average Bonchev–Trinajstić information content (AvgIpc) is 2.74. The first-order valence-electron chi connectivity index (χ1n) is 7.10. The van der Waals surface area contributed by atoms with Gasteiger partial charge in [0.1, 0.15) is 0 Å². The lowest BCUT2D eigenvalue weighted by molar-refractivity contribution is -0.125. The van der Waals surface area contributed by atoms with Crippen molar-refractivity contribution in [3.63, 3.8) is 0 Å². The zero-order valence-electron chi connectivity index (χ0n) is 11.2. The highest BCUT2D eigenvalue weighted by atomic mass is 16.1. The number of carbonyl (C=O) groups is 1. The Kier molecular flexibility index (Phi) is 4.08. The summed E-state index contributed by atoms with van der Waals surface area (Å²) in [5.41, 5.74) is 0.426. The van der Waals surface area contributed by atoms with Crippen molar-refractivity contribution < 1.29 is 4.79 Å². The van der Waals surface area contributed by atoms with Gasteiger partial charge in [-0.3, -0.25) is 4.79 Å². The van der Waals surface area contributed by atoms with Crippen molar-refractivity contribution in [2.45, 2.75) is 46.0 Å². The van der Waals surface area contributed by atoms with Crippen molar-refractivity contribution in [3.8, 4) is 0 Å². The second-order valence-electron chi connectivity index (χ2n) is 6.36. The molecule has 1 unspecified atom stereocenters. The summed E-state index contributed by atoms with van der Waals surface area (Å²) in [5.74, 6) is 1.22. The third-order valence-corrected chi connectivity index (χ3v) is 4.32. The zero-order valence-corrected chi connectivity index (χ0v) is 11.2. The van der Waals surface area contributed by atoms with E-state index in [1.807, 2.05) is 0 Å². The van der Waals surface area contributed by atoms with Crippen LogP contribution < -0.4 is 10.6 Å². The Morgan fingerprint density at radius 3 is 2.71 bits per heavy atom. The van der Waals surface area contributed by atoms with Gasteiger partial charge in [-0.15, -0.1) is 0 Å². The normalized spacial score (nSPS) is 26.9. The molecular weight excluding hydrogens is 212 g/mol. The van der Waals surface area contributed by atoms with Gasteiger partial charge in [0.05, 0.1) is 5.92 Å². The molecule has 0 aromatic carbocycles. The fourth-order valence-electron chi connectivity index (χ4n) is 3.29. The van der Waals surface area contributed by atoms with Crippen LogP contribution in [0.5, 0.6) is 0 Å². The summed E-state index contributed by atoms with van der Waals surface area (Å²) in [4.78, 5) is 12.0. The number of hydrogen-bond acceptors (Lipinski definition) is 2. The van der Waals surface area contributed by atoms with E-state index < -0.39 is 0 Å². The van der Waals surface area contributed by atoms with E-state index in [0.717, 1.165) is 32.0 Å². The minimum Gasteiger partial charge on any atom is -0.355 e. The van der Waals surface area contributed by atoms with Gasteiger partial charge in [-0.05, 0) is 43.6 Å². The quantitative estimate of drug-likeness (QED) is 0.768. The molecule has 0 aromatic heterocycles. The predicted octanol–water partition coefficient (Wildman–Crippen LogP) is 1.93. The maximum atomic E-state index is 12.0. The van der Waals surface area contributed by atoms with Crippen molar-refractivity contribution in [1.29, 1.82) is 0 Å². The Morgan fingerprint density at radius 2 is 2.24 bits per heavy atom. The Balaban J connectivity index is 1.77. The second-order valence-corrected chi connectivity index (χ2v) is 6.36. The minimum absolute atomic E-state index is 0.214. The van der Waals surface area contributed by atoms with Crippen LogP contribution in [0.3, 0.4) is 0 Å². The smallest absolute Gasteiger partial charge is 0.224 e. The molecule has 1 saturated heterocycles. The lowest BCUT2D eigenvalue weighted by atomic mass is 9.64. The molecule has 1 amide bonds. The standard InChI is InChI=1S/C14H26N2O/c1-11(2)8-14(5-3-6-14)10-16-13(17)12-4-7-15-9-12/h11-12,15H,3-10H2,1-2H3,(H,16,17). The highest BCUT2D eigenvalue weighted by molar-refractivity contribution is 5.79. The van der Waals surface area contributed by atoms with E-state index in [0.29, 0.717) is 5.41 Å². The summed E-state index contributed by atoms with van der Waals surface area (Å²) in [6.45, 7) is 7.32. The summed E-state index contributed by atoms with van der Waals surface area (Å²) in [6.07, 6.45) is 6.20. The molecule has 2 rings (SSSR count). The maximum absolute atomic E-state index is 12.0. The molecule has 2 fully saturated rings. The van der Waals surface area contributed by atoms with E-state index in [1.165, 1.54) is 25.7 Å². The first-order valence-corrected chi connectivity index (χ1v) is 7.10. The van der Waals surface area contributed by atoms with Crippen LogP contribution in [0.25, 0.3) is 0 Å². The van der Waals surface area contributed by atoms with E-state index in [9.17, 15) is 4.79 Å². The summed E-state index contributed by atoms with van der Waals surface area (Å²) in [7, 11) is 0. The van der Waals surface area contributed by atoms with Crippen LogP contribution in [-0.4, -0.2) is 25.5 Å². The second kappa shape index (κ2) is 5.38. The van der Waals surface area contributed by atoms with E-state index in [2.05, 4.69) is 24.5 Å². The lowest BCUT2D eigenvalue weighted by Crippen LogP contribution is -2.44. The highest BCUT2D eigenvalue weighted by Gasteiger charge is 2.38. The molecule has 17 heavy (non-hydrogen) atoms. The minimum atomic E-state index is 0.214. The third-order valence-electron chi connectivity index (χ3n) is 4.32. The zero-order chi connectivity index (χ0) is 12.3. The Labute approximate surface area is 105 Å². The van der Waals surface area contributed by atoms with Gasteiger partial charge in [-0.2, -0.15) is 0 Å². The molecule has 98 valence electrons. The maximum Gasteiger partial charge on any atom is 0.224 e. The number of nitrogens with one attached hydrogen (secondary N) is 2. The molecule has 2 aliphatic rings. The molecule has 3 nitrogen and oxygen atoms in total. The van der Waals surface area contributed by atoms with Gasteiger partial charge in [0, 0.05) is 13.1 Å². The van der Waals surface area contributed by atoms with Crippen LogP contribution in [-0.2, 0) is 4.79 Å². The molecule has 0 spiro atoms. The number of rotatable bonds is 5. The molecule has 2 N–H and O–H groups in total. The predicted molar refractivity (Wildman–Crippen MR) is 69.7 cm³/mol. The topological polar surface area (TPSA) is 41.1 Å². The van der Waals surface area contributed by atoms with E-state index in [1.54, 1.807) is 0 Å². The fraction of sp³-hybridized carbons (Fsp3) is 0.929. The van der Waals surface area contributed by atoms with Gasteiger partial charge in [-0.25, -0.2) is 0 Å². The van der Waals surface area contributed by atoms with Crippen molar-refractivity contribution in [1.82, 2.24) is 10.6 Å². The Morgan fingerprint density at radius 1 is 1.47 bits per heavy atom.